The summed E-state index contributed by atoms with van der Waals surface area (Å²) >= 11 is 0. The van der Waals surface area contributed by atoms with Crippen LogP contribution < -0.4 is 0 Å². The lowest BCUT2D eigenvalue weighted by molar-refractivity contribution is -0.137. The van der Waals surface area contributed by atoms with Crippen LogP contribution in [0.2, 0.25) is 0 Å². The minimum atomic E-state index is -0.658. The second-order valence-electron chi connectivity index (χ2n) is 2.62. The van der Waals surface area contributed by atoms with Crippen molar-refractivity contribution in [3.05, 3.63) is 29.7 Å². The second kappa shape index (κ2) is 4.41. The lowest BCUT2D eigenvalue weighted by Gasteiger charge is -1.99. The highest BCUT2D eigenvalue weighted by Gasteiger charge is 2.15. The van der Waals surface area contributed by atoms with Crippen LogP contribution in [0.25, 0.3) is 6.08 Å². The van der Waals surface area contributed by atoms with Crippen LogP contribution in [0.3, 0.4) is 0 Å². The molecule has 0 aliphatic carbocycles. The number of esters is 1. The van der Waals surface area contributed by atoms with Gasteiger partial charge in [-0.15, -0.1) is 0 Å². The van der Waals surface area contributed by atoms with Crippen molar-refractivity contribution in [2.24, 2.45) is 0 Å². The van der Waals surface area contributed by atoms with Crippen LogP contribution in [-0.4, -0.2) is 18.9 Å². The Morgan fingerprint density at radius 2 is 2.21 bits per heavy atom. The number of carbonyl (C=O) groups is 2. The lowest BCUT2D eigenvalue weighted by Crippen LogP contribution is -2.11. The van der Waals surface area contributed by atoms with Crippen molar-refractivity contribution in [3.8, 4) is 0 Å². The molecule has 0 unspecified atom stereocenters. The minimum Gasteiger partial charge on any atom is -0.465 e. The van der Waals surface area contributed by atoms with Crippen LogP contribution >= 0.6 is 0 Å². The maximum Gasteiger partial charge on any atom is 0.341 e. The first-order valence-corrected chi connectivity index (χ1v) is 3.99. The Balaban J connectivity index is 2.99. The first-order valence-electron chi connectivity index (χ1n) is 3.99. The number of carbonyl (C=O) groups excluding carboxylic acids is 2. The van der Waals surface area contributed by atoms with Crippen molar-refractivity contribution in [1.29, 1.82) is 0 Å². The molecule has 1 aromatic heterocycles. The van der Waals surface area contributed by atoms with E-state index < -0.39 is 5.97 Å². The zero-order valence-electron chi connectivity index (χ0n) is 7.94. The van der Waals surface area contributed by atoms with Crippen molar-refractivity contribution in [3.63, 3.8) is 0 Å². The second-order valence-corrected chi connectivity index (χ2v) is 2.62. The van der Waals surface area contributed by atoms with Crippen molar-refractivity contribution in [1.82, 2.24) is 0 Å². The van der Waals surface area contributed by atoms with E-state index in [1.165, 1.54) is 26.4 Å². The summed E-state index contributed by atoms with van der Waals surface area (Å²) in [7, 11) is 1.22. The zero-order chi connectivity index (χ0) is 10.6. The molecule has 14 heavy (non-hydrogen) atoms. The summed E-state index contributed by atoms with van der Waals surface area (Å²) in [6, 6.07) is 3.31. The predicted octanol–water partition coefficient (Wildman–Crippen LogP) is 1.42. The predicted molar refractivity (Wildman–Crippen MR) is 49.4 cm³/mol. The number of hydrogen-bond acceptors (Lipinski definition) is 4. The molecule has 0 saturated heterocycles. The Bertz CT molecular complexity index is 359. The van der Waals surface area contributed by atoms with Crippen molar-refractivity contribution < 1.29 is 18.7 Å². The van der Waals surface area contributed by atoms with Gasteiger partial charge in [-0.05, 0) is 25.1 Å². The number of ether oxygens (including phenoxy) is 1. The van der Waals surface area contributed by atoms with E-state index in [2.05, 4.69) is 4.74 Å². The molecule has 1 heterocycles. The molecular formula is C10H10O4. The average Bonchev–Trinajstić information content (AvgIpc) is 2.65. The van der Waals surface area contributed by atoms with Gasteiger partial charge in [-0.1, -0.05) is 0 Å². The molecule has 4 heteroatoms. The van der Waals surface area contributed by atoms with Gasteiger partial charge >= 0.3 is 5.97 Å². The number of hydrogen-bond donors (Lipinski definition) is 0. The molecule has 0 N–H and O–H groups in total. The Labute approximate surface area is 81.2 Å². The molecule has 0 radical (unpaired) electrons. The molecule has 4 nitrogen and oxygen atoms in total. The Kier molecular flexibility index (Phi) is 3.23. The van der Waals surface area contributed by atoms with Gasteiger partial charge in [-0.3, -0.25) is 4.79 Å². The van der Waals surface area contributed by atoms with Crippen molar-refractivity contribution in [2.75, 3.05) is 7.11 Å². The standard InChI is InChI=1S/C10H10O4/c1-7(11)9(10(12)13-2)6-8-4-3-5-14-8/h3-6H,1-2H3/b9-6-. The third kappa shape index (κ3) is 2.32. The topological polar surface area (TPSA) is 56.5 Å². The van der Waals surface area contributed by atoms with E-state index in [0.29, 0.717) is 5.76 Å². The summed E-state index contributed by atoms with van der Waals surface area (Å²) < 4.78 is 9.43. The summed E-state index contributed by atoms with van der Waals surface area (Å²) in [6.07, 6.45) is 2.81. The van der Waals surface area contributed by atoms with E-state index in [0.717, 1.165) is 0 Å². The van der Waals surface area contributed by atoms with Crippen LogP contribution in [-0.2, 0) is 14.3 Å². The molecule has 0 bridgehead atoms. The fraction of sp³-hybridized carbons (Fsp3) is 0.200. The van der Waals surface area contributed by atoms with E-state index in [1.54, 1.807) is 12.1 Å². The maximum absolute atomic E-state index is 11.1. The van der Waals surface area contributed by atoms with E-state index in [1.807, 2.05) is 0 Å². The third-order valence-electron chi connectivity index (χ3n) is 1.61. The van der Waals surface area contributed by atoms with E-state index in [4.69, 9.17) is 4.42 Å². The van der Waals surface area contributed by atoms with Gasteiger partial charge in [0.1, 0.15) is 11.3 Å². The molecule has 1 aromatic rings. The van der Waals surface area contributed by atoms with Crippen LogP contribution in [0.1, 0.15) is 12.7 Å². The SMILES string of the molecule is COC(=O)/C(=C\c1ccco1)C(C)=O. The van der Waals surface area contributed by atoms with E-state index in [9.17, 15) is 9.59 Å². The number of rotatable bonds is 3. The fourth-order valence-corrected chi connectivity index (χ4v) is 0.930. The highest BCUT2D eigenvalue weighted by molar-refractivity contribution is 6.19. The average molecular weight is 194 g/mol. The van der Waals surface area contributed by atoms with Crippen LogP contribution in [0.15, 0.2) is 28.4 Å². The molecule has 0 saturated carbocycles. The molecule has 1 rings (SSSR count). The van der Waals surface area contributed by atoms with Crippen LogP contribution in [0, 0.1) is 0 Å². The van der Waals surface area contributed by atoms with Gasteiger partial charge in [-0.2, -0.15) is 0 Å². The molecule has 0 fully saturated rings. The molecular weight excluding hydrogens is 184 g/mol. The highest BCUT2D eigenvalue weighted by atomic mass is 16.5. The fourth-order valence-electron chi connectivity index (χ4n) is 0.930. The van der Waals surface area contributed by atoms with Crippen LogP contribution in [0.4, 0.5) is 0 Å². The van der Waals surface area contributed by atoms with E-state index in [-0.39, 0.29) is 11.4 Å². The summed E-state index contributed by atoms with van der Waals surface area (Å²) in [4.78, 5) is 22.2. The van der Waals surface area contributed by atoms with Gasteiger partial charge in [0.15, 0.2) is 5.78 Å². The lowest BCUT2D eigenvalue weighted by atomic mass is 10.1. The highest BCUT2D eigenvalue weighted by Crippen LogP contribution is 2.09. The number of methoxy groups -OCH3 is 1. The van der Waals surface area contributed by atoms with Crippen molar-refractivity contribution >= 4 is 17.8 Å². The molecule has 0 amide bonds. The normalized spacial score (nSPS) is 11.1. The molecule has 0 aromatic carbocycles. The Hall–Kier alpha value is -1.84. The van der Waals surface area contributed by atoms with E-state index >= 15 is 0 Å². The molecule has 0 atom stereocenters. The largest absolute Gasteiger partial charge is 0.465 e. The van der Waals surface area contributed by atoms with Gasteiger partial charge in [-0.25, -0.2) is 4.79 Å². The molecule has 0 spiro atoms. The van der Waals surface area contributed by atoms with Gasteiger partial charge in [0.25, 0.3) is 0 Å². The quantitative estimate of drug-likeness (QED) is 0.316. The summed E-state index contributed by atoms with van der Waals surface area (Å²) in [5.74, 6) is -0.567. The zero-order valence-corrected chi connectivity index (χ0v) is 7.94. The summed E-state index contributed by atoms with van der Waals surface area (Å²) in [6.45, 7) is 1.30. The summed E-state index contributed by atoms with van der Waals surface area (Å²) in [5, 5.41) is 0. The monoisotopic (exact) mass is 194 g/mol. The number of furan rings is 1. The maximum atomic E-state index is 11.1. The van der Waals surface area contributed by atoms with Gasteiger partial charge in [0.2, 0.25) is 0 Å². The third-order valence-corrected chi connectivity index (χ3v) is 1.61. The Morgan fingerprint density at radius 3 is 2.64 bits per heavy atom. The number of Topliss-reactive ketones (excluding diaryl/α,β-unsaturated/α-hetero) is 1. The smallest absolute Gasteiger partial charge is 0.341 e. The molecule has 74 valence electrons. The van der Waals surface area contributed by atoms with Gasteiger partial charge < -0.3 is 9.15 Å². The van der Waals surface area contributed by atoms with Gasteiger partial charge in [0, 0.05) is 0 Å². The Morgan fingerprint density at radius 1 is 1.50 bits per heavy atom. The molecule has 0 aliphatic rings. The van der Waals surface area contributed by atoms with Crippen LogP contribution in [0.5, 0.6) is 0 Å². The molecule has 0 aliphatic heterocycles. The van der Waals surface area contributed by atoms with Crippen molar-refractivity contribution in [2.45, 2.75) is 6.92 Å². The minimum absolute atomic E-state index is 0.0255. The first-order chi connectivity index (χ1) is 6.65. The first kappa shape index (κ1) is 10.2. The summed E-state index contributed by atoms with van der Waals surface area (Å²) in [5.41, 5.74) is -0.0255. The number of ketones is 1. The van der Waals surface area contributed by atoms with Gasteiger partial charge in [0.05, 0.1) is 13.4 Å².